The van der Waals surface area contributed by atoms with E-state index in [1.165, 1.54) is 39.0 Å². The second kappa shape index (κ2) is 11.6. The predicted molar refractivity (Wildman–Crippen MR) is 178 cm³/mol. The van der Waals surface area contributed by atoms with Gasteiger partial charge in [-0.1, -0.05) is 152 Å². The van der Waals surface area contributed by atoms with E-state index >= 15 is 0 Å². The van der Waals surface area contributed by atoms with Gasteiger partial charge in [-0.05, 0) is 69.1 Å². The summed E-state index contributed by atoms with van der Waals surface area (Å²) in [6.07, 6.45) is 7.65. The number of benzene rings is 6. The lowest BCUT2D eigenvalue weighted by atomic mass is 9.97. The van der Waals surface area contributed by atoms with Gasteiger partial charge < -0.3 is 4.42 Å². The zero-order chi connectivity index (χ0) is 28.1. The van der Waals surface area contributed by atoms with E-state index in [4.69, 9.17) is 4.42 Å². The first-order chi connectivity index (χ1) is 20.8. The highest BCUT2D eigenvalue weighted by Crippen LogP contribution is 2.36. The maximum absolute atomic E-state index is 6.31. The first-order valence-electron chi connectivity index (χ1n) is 14.4. The molecule has 0 amide bonds. The van der Waals surface area contributed by atoms with Gasteiger partial charge >= 0.3 is 0 Å². The van der Waals surface area contributed by atoms with Gasteiger partial charge in [-0.15, -0.1) is 0 Å². The molecule has 42 heavy (non-hydrogen) atoms. The van der Waals surface area contributed by atoms with Gasteiger partial charge in [0.25, 0.3) is 0 Å². The Hall–Kier alpha value is -5.40. The third-order valence-corrected chi connectivity index (χ3v) is 7.80. The molecular weight excluding hydrogens is 508 g/mol. The lowest BCUT2D eigenvalue weighted by molar-refractivity contribution is 0.669. The van der Waals surface area contributed by atoms with Crippen molar-refractivity contribution in [1.29, 1.82) is 0 Å². The van der Waals surface area contributed by atoms with Crippen LogP contribution in [0.25, 0.3) is 55.8 Å². The largest absolute Gasteiger partial charge is 0.456 e. The van der Waals surface area contributed by atoms with Crippen LogP contribution in [-0.4, -0.2) is 0 Å². The van der Waals surface area contributed by atoms with Crippen molar-refractivity contribution >= 4 is 33.6 Å². The van der Waals surface area contributed by atoms with Gasteiger partial charge in [0.05, 0.1) is 0 Å². The molecular formula is C41H30O. The molecule has 1 aromatic heterocycles. The topological polar surface area (TPSA) is 13.1 Å². The van der Waals surface area contributed by atoms with Crippen LogP contribution >= 0.6 is 0 Å². The maximum Gasteiger partial charge on any atom is 0.136 e. The standard InChI is InChI=1S/C41H30O/c1-4-11-30(12-5-1)19-20-33(31-13-6-2-7-14-31)25-26-36-17-10-18-40-41(36)38-29-37(27-28-39(38)42-40)35-23-21-34(22-24-35)32-15-8-3-9-16-32/h1-18,20-29H,19H2/b26-25+,33-20+. The van der Waals surface area contributed by atoms with Crippen LogP contribution in [0.4, 0.5) is 0 Å². The van der Waals surface area contributed by atoms with Gasteiger partial charge in [0.1, 0.15) is 11.2 Å². The lowest BCUT2D eigenvalue weighted by Gasteiger charge is -2.06. The molecule has 1 nitrogen and oxygen atoms in total. The maximum atomic E-state index is 6.31. The summed E-state index contributed by atoms with van der Waals surface area (Å²) in [5.74, 6) is 0. The molecule has 0 unspecified atom stereocenters. The third kappa shape index (κ3) is 5.33. The van der Waals surface area contributed by atoms with Crippen molar-refractivity contribution in [3.63, 3.8) is 0 Å². The normalized spacial score (nSPS) is 12.0. The van der Waals surface area contributed by atoms with Crippen LogP contribution in [0.2, 0.25) is 0 Å². The predicted octanol–water partition coefficient (Wildman–Crippen LogP) is 11.3. The Balaban J connectivity index is 1.26. The number of fused-ring (bicyclic) bond motifs is 3. The molecule has 1 heterocycles. The van der Waals surface area contributed by atoms with Crippen molar-refractivity contribution < 1.29 is 4.42 Å². The summed E-state index contributed by atoms with van der Waals surface area (Å²) in [6.45, 7) is 0. The minimum Gasteiger partial charge on any atom is -0.456 e. The Morgan fingerprint density at radius 3 is 1.88 bits per heavy atom. The first-order valence-corrected chi connectivity index (χ1v) is 14.4. The van der Waals surface area contributed by atoms with Crippen LogP contribution in [-0.2, 0) is 6.42 Å². The fourth-order valence-corrected chi connectivity index (χ4v) is 5.59. The molecule has 6 aromatic carbocycles. The minimum atomic E-state index is 0.876. The van der Waals surface area contributed by atoms with Gasteiger partial charge in [0.2, 0.25) is 0 Å². The first kappa shape index (κ1) is 25.6. The lowest BCUT2D eigenvalue weighted by Crippen LogP contribution is -1.85. The SMILES string of the molecule is C(=C\c1cccc2oc3ccc(-c4ccc(-c5ccccc5)cc4)cc3c12)/C(=C\Cc1ccccc1)c1ccccc1. The van der Waals surface area contributed by atoms with E-state index in [9.17, 15) is 0 Å². The molecule has 0 fully saturated rings. The molecule has 0 radical (unpaired) electrons. The van der Waals surface area contributed by atoms with E-state index in [1.54, 1.807) is 0 Å². The van der Waals surface area contributed by atoms with Crippen LogP contribution in [0, 0.1) is 0 Å². The molecule has 0 saturated carbocycles. The molecule has 0 atom stereocenters. The van der Waals surface area contributed by atoms with E-state index in [2.05, 4.69) is 170 Å². The fraction of sp³-hybridized carbons (Fsp3) is 0.0244. The molecule has 0 aliphatic rings. The van der Waals surface area contributed by atoms with Crippen LogP contribution in [0.15, 0.2) is 168 Å². The van der Waals surface area contributed by atoms with Crippen molar-refractivity contribution in [3.05, 3.63) is 181 Å². The van der Waals surface area contributed by atoms with Crippen molar-refractivity contribution in [2.24, 2.45) is 0 Å². The molecule has 0 N–H and O–H groups in total. The molecule has 1 heteroatoms. The summed E-state index contributed by atoms with van der Waals surface area (Å²) in [5, 5.41) is 2.27. The van der Waals surface area contributed by atoms with Gasteiger partial charge in [0, 0.05) is 10.8 Å². The Labute approximate surface area is 246 Å². The summed E-state index contributed by atoms with van der Waals surface area (Å²) in [4.78, 5) is 0. The van der Waals surface area contributed by atoms with E-state index in [0.717, 1.165) is 33.9 Å². The number of allylic oxidation sites excluding steroid dienone is 3. The Morgan fingerprint density at radius 2 is 1.14 bits per heavy atom. The summed E-state index contributed by atoms with van der Waals surface area (Å²) in [6, 6.07) is 53.3. The van der Waals surface area contributed by atoms with Crippen molar-refractivity contribution in [2.45, 2.75) is 6.42 Å². The molecule has 200 valence electrons. The van der Waals surface area contributed by atoms with Crippen LogP contribution in [0.1, 0.15) is 16.7 Å². The van der Waals surface area contributed by atoms with Crippen molar-refractivity contribution in [1.82, 2.24) is 0 Å². The van der Waals surface area contributed by atoms with E-state index in [0.29, 0.717) is 0 Å². The Bertz CT molecular complexity index is 2010. The highest BCUT2D eigenvalue weighted by molar-refractivity contribution is 6.10. The quantitative estimate of drug-likeness (QED) is 0.184. The number of furan rings is 1. The van der Waals surface area contributed by atoms with E-state index < -0.39 is 0 Å². The number of rotatable bonds is 7. The Morgan fingerprint density at radius 1 is 0.524 bits per heavy atom. The van der Waals surface area contributed by atoms with Gasteiger partial charge in [-0.2, -0.15) is 0 Å². The molecule has 0 bridgehead atoms. The van der Waals surface area contributed by atoms with Crippen molar-refractivity contribution in [2.75, 3.05) is 0 Å². The summed E-state index contributed by atoms with van der Waals surface area (Å²) < 4.78 is 6.31. The van der Waals surface area contributed by atoms with E-state index in [1.807, 2.05) is 0 Å². The van der Waals surface area contributed by atoms with Crippen LogP contribution in [0.3, 0.4) is 0 Å². The highest BCUT2D eigenvalue weighted by Gasteiger charge is 2.12. The summed E-state index contributed by atoms with van der Waals surface area (Å²) >= 11 is 0. The average Bonchev–Trinajstić information content (AvgIpc) is 3.45. The van der Waals surface area contributed by atoms with Gasteiger partial charge in [0.15, 0.2) is 0 Å². The molecule has 0 spiro atoms. The van der Waals surface area contributed by atoms with Gasteiger partial charge in [-0.3, -0.25) is 0 Å². The Kier molecular flexibility index (Phi) is 7.06. The molecule has 0 aliphatic heterocycles. The number of hydrogen-bond donors (Lipinski definition) is 0. The minimum absolute atomic E-state index is 0.876. The third-order valence-electron chi connectivity index (χ3n) is 7.80. The molecule has 7 rings (SSSR count). The smallest absolute Gasteiger partial charge is 0.136 e. The zero-order valence-corrected chi connectivity index (χ0v) is 23.3. The van der Waals surface area contributed by atoms with Crippen LogP contribution in [0.5, 0.6) is 0 Å². The van der Waals surface area contributed by atoms with Gasteiger partial charge in [-0.25, -0.2) is 0 Å². The van der Waals surface area contributed by atoms with E-state index in [-0.39, 0.29) is 0 Å². The van der Waals surface area contributed by atoms with Crippen LogP contribution < -0.4 is 0 Å². The summed E-state index contributed by atoms with van der Waals surface area (Å²) in [5.41, 5.74) is 11.5. The second-order valence-corrected chi connectivity index (χ2v) is 10.5. The van der Waals surface area contributed by atoms with Crippen molar-refractivity contribution in [3.8, 4) is 22.3 Å². The molecule has 7 aromatic rings. The zero-order valence-electron chi connectivity index (χ0n) is 23.3. The second-order valence-electron chi connectivity index (χ2n) is 10.5. The summed E-state index contributed by atoms with van der Waals surface area (Å²) in [7, 11) is 0. The molecule has 0 aliphatic carbocycles. The monoisotopic (exact) mass is 538 g/mol. The fourth-order valence-electron chi connectivity index (χ4n) is 5.59. The highest BCUT2D eigenvalue weighted by atomic mass is 16.3. The average molecular weight is 539 g/mol. The molecule has 0 saturated heterocycles. The number of hydrogen-bond acceptors (Lipinski definition) is 1.